The predicted octanol–water partition coefficient (Wildman–Crippen LogP) is 5.30. The van der Waals surface area contributed by atoms with E-state index in [2.05, 4.69) is 15.6 Å². The van der Waals surface area contributed by atoms with Crippen molar-refractivity contribution < 1.29 is 18.4 Å². The Labute approximate surface area is 209 Å². The van der Waals surface area contributed by atoms with Crippen LogP contribution < -0.4 is 15.5 Å². The van der Waals surface area contributed by atoms with Crippen LogP contribution in [-0.2, 0) is 9.59 Å². The first-order chi connectivity index (χ1) is 17.4. The van der Waals surface area contributed by atoms with Gasteiger partial charge in [0.05, 0.1) is 6.54 Å². The number of hydrogen-bond donors (Lipinski definition) is 2. The Balaban J connectivity index is 1.71. The molecule has 1 unspecified atom stereocenters. The molecule has 1 fully saturated rings. The zero-order valence-electron chi connectivity index (χ0n) is 20.2. The molecular weight excluding hydrogens is 462 g/mol. The average molecular weight is 493 g/mol. The zero-order chi connectivity index (χ0) is 25.5. The summed E-state index contributed by atoms with van der Waals surface area (Å²) in [4.78, 5) is 32.3. The van der Waals surface area contributed by atoms with Gasteiger partial charge in [0.25, 0.3) is 0 Å². The predicted molar refractivity (Wildman–Crippen MR) is 136 cm³/mol. The highest BCUT2D eigenvalue weighted by Gasteiger charge is 2.35. The number of nitrogens with one attached hydrogen (secondary N) is 2. The lowest BCUT2D eigenvalue weighted by Crippen LogP contribution is -2.48. The van der Waals surface area contributed by atoms with E-state index in [1.54, 1.807) is 6.07 Å². The van der Waals surface area contributed by atoms with Crippen molar-refractivity contribution in [1.29, 1.82) is 0 Å². The normalized spacial score (nSPS) is 14.6. The monoisotopic (exact) mass is 492 g/mol. The molecule has 2 aromatic carbocycles. The lowest BCUT2D eigenvalue weighted by Gasteiger charge is -2.34. The van der Waals surface area contributed by atoms with Gasteiger partial charge in [-0.3, -0.25) is 14.5 Å². The zero-order valence-corrected chi connectivity index (χ0v) is 20.2. The van der Waals surface area contributed by atoms with Gasteiger partial charge in [-0.15, -0.1) is 0 Å². The second-order valence-electron chi connectivity index (χ2n) is 9.07. The minimum atomic E-state index is -1.02. The standard InChI is InChI=1S/C28H30F2N4O2/c1-19-8-5-6-13-24(19)27(28(36)33-21-10-3-2-4-11-21)34(23-12-7-9-20(29)16-23)26(35)18-32-22-14-15-31-25(30)17-22/h5-9,12-17,21,27H,2-4,10-11,18H2,1H3,(H,31,32)(H,33,36). The van der Waals surface area contributed by atoms with E-state index < -0.39 is 23.7 Å². The van der Waals surface area contributed by atoms with Crippen LogP contribution in [0.15, 0.2) is 66.9 Å². The first kappa shape index (κ1) is 25.3. The topological polar surface area (TPSA) is 74.3 Å². The third kappa shape index (κ3) is 6.24. The number of aryl methyl sites for hydroxylation is 1. The van der Waals surface area contributed by atoms with Crippen molar-refractivity contribution in [2.45, 2.75) is 51.1 Å². The molecule has 1 heterocycles. The number of carbonyl (C=O) groups is 2. The highest BCUT2D eigenvalue weighted by atomic mass is 19.1. The number of anilines is 2. The number of halogens is 2. The highest BCUT2D eigenvalue weighted by molar-refractivity contribution is 6.03. The van der Waals surface area contributed by atoms with E-state index in [-0.39, 0.29) is 24.2 Å². The number of carbonyl (C=O) groups excluding carboxylic acids is 2. The van der Waals surface area contributed by atoms with Crippen LogP contribution in [0.4, 0.5) is 20.2 Å². The fourth-order valence-corrected chi connectivity index (χ4v) is 4.66. The molecule has 1 aliphatic carbocycles. The fraction of sp³-hybridized carbons (Fsp3) is 0.321. The van der Waals surface area contributed by atoms with Crippen LogP contribution in [-0.4, -0.2) is 29.4 Å². The summed E-state index contributed by atoms with van der Waals surface area (Å²) in [7, 11) is 0. The van der Waals surface area contributed by atoms with Crippen molar-refractivity contribution in [2.24, 2.45) is 0 Å². The summed E-state index contributed by atoms with van der Waals surface area (Å²) >= 11 is 0. The average Bonchev–Trinajstić information content (AvgIpc) is 2.87. The number of nitrogens with zero attached hydrogens (tertiary/aromatic N) is 2. The van der Waals surface area contributed by atoms with Gasteiger partial charge in [0.15, 0.2) is 0 Å². The van der Waals surface area contributed by atoms with Crippen LogP contribution in [0.1, 0.15) is 49.3 Å². The number of hydrogen-bond acceptors (Lipinski definition) is 4. The molecule has 8 heteroatoms. The number of aromatic nitrogens is 1. The third-order valence-electron chi connectivity index (χ3n) is 6.47. The molecule has 0 radical (unpaired) electrons. The summed E-state index contributed by atoms with van der Waals surface area (Å²) in [5, 5.41) is 6.04. The number of pyridine rings is 1. The summed E-state index contributed by atoms with van der Waals surface area (Å²) in [5.74, 6) is -1.99. The summed E-state index contributed by atoms with van der Waals surface area (Å²) in [6.45, 7) is 1.64. The SMILES string of the molecule is Cc1ccccc1C(C(=O)NC1CCCCC1)N(C(=O)CNc1ccnc(F)c1)c1cccc(F)c1. The Bertz CT molecular complexity index is 1210. The Morgan fingerprint density at radius 2 is 1.81 bits per heavy atom. The van der Waals surface area contributed by atoms with Crippen molar-refractivity contribution in [3.05, 3.63) is 89.8 Å². The maximum absolute atomic E-state index is 14.3. The molecule has 1 aromatic heterocycles. The maximum Gasteiger partial charge on any atom is 0.248 e. The smallest absolute Gasteiger partial charge is 0.248 e. The summed E-state index contributed by atoms with van der Waals surface area (Å²) < 4.78 is 27.8. The lowest BCUT2D eigenvalue weighted by atomic mass is 9.93. The second kappa shape index (κ2) is 11.7. The molecule has 2 amide bonds. The van der Waals surface area contributed by atoms with Crippen molar-refractivity contribution in [1.82, 2.24) is 10.3 Å². The molecule has 188 valence electrons. The highest BCUT2D eigenvalue weighted by Crippen LogP contribution is 2.31. The van der Waals surface area contributed by atoms with Gasteiger partial charge in [-0.25, -0.2) is 9.37 Å². The quantitative estimate of drug-likeness (QED) is 0.419. The van der Waals surface area contributed by atoms with Crippen molar-refractivity contribution >= 4 is 23.2 Å². The Morgan fingerprint density at radius 1 is 1.03 bits per heavy atom. The lowest BCUT2D eigenvalue weighted by molar-refractivity contribution is -0.126. The first-order valence-electron chi connectivity index (χ1n) is 12.2. The van der Waals surface area contributed by atoms with Crippen LogP contribution in [0.3, 0.4) is 0 Å². The van der Waals surface area contributed by atoms with E-state index in [9.17, 15) is 18.4 Å². The number of benzene rings is 2. The van der Waals surface area contributed by atoms with E-state index in [1.165, 1.54) is 41.4 Å². The van der Waals surface area contributed by atoms with Crippen LogP contribution in [0.25, 0.3) is 0 Å². The Morgan fingerprint density at radius 3 is 2.53 bits per heavy atom. The van der Waals surface area contributed by atoms with Gasteiger partial charge in [0, 0.05) is 29.7 Å². The molecule has 1 saturated carbocycles. The molecule has 6 nitrogen and oxygen atoms in total. The summed E-state index contributed by atoms with van der Waals surface area (Å²) in [5.41, 5.74) is 2.11. The van der Waals surface area contributed by atoms with Gasteiger partial charge in [-0.1, -0.05) is 49.6 Å². The van der Waals surface area contributed by atoms with E-state index in [4.69, 9.17) is 0 Å². The van der Waals surface area contributed by atoms with Gasteiger partial charge < -0.3 is 10.6 Å². The van der Waals surface area contributed by atoms with Gasteiger partial charge >= 0.3 is 0 Å². The van der Waals surface area contributed by atoms with Crippen LogP contribution >= 0.6 is 0 Å². The van der Waals surface area contributed by atoms with E-state index in [1.807, 2.05) is 31.2 Å². The molecule has 0 spiro atoms. The van der Waals surface area contributed by atoms with Crippen molar-refractivity contribution in [3.63, 3.8) is 0 Å². The van der Waals surface area contributed by atoms with Crippen LogP contribution in [0, 0.1) is 18.7 Å². The maximum atomic E-state index is 14.3. The molecule has 1 aliphatic rings. The molecule has 36 heavy (non-hydrogen) atoms. The van der Waals surface area contributed by atoms with Gasteiger partial charge in [-0.05, 0) is 55.2 Å². The van der Waals surface area contributed by atoms with Crippen LogP contribution in [0.2, 0.25) is 0 Å². The number of amides is 2. The Kier molecular flexibility index (Phi) is 8.25. The largest absolute Gasteiger partial charge is 0.376 e. The molecule has 0 bridgehead atoms. The number of rotatable bonds is 8. The van der Waals surface area contributed by atoms with E-state index in [0.717, 1.165) is 37.7 Å². The second-order valence-corrected chi connectivity index (χ2v) is 9.07. The third-order valence-corrected chi connectivity index (χ3v) is 6.47. The van der Waals surface area contributed by atoms with Gasteiger partial charge in [-0.2, -0.15) is 4.39 Å². The van der Waals surface area contributed by atoms with Crippen LogP contribution in [0.5, 0.6) is 0 Å². The molecule has 1 atom stereocenters. The van der Waals surface area contributed by atoms with E-state index >= 15 is 0 Å². The van der Waals surface area contributed by atoms with Crippen molar-refractivity contribution in [3.8, 4) is 0 Å². The van der Waals surface area contributed by atoms with Gasteiger partial charge in [0.1, 0.15) is 11.9 Å². The van der Waals surface area contributed by atoms with Gasteiger partial charge in [0.2, 0.25) is 17.8 Å². The first-order valence-corrected chi connectivity index (χ1v) is 12.2. The molecule has 0 saturated heterocycles. The Hall–Kier alpha value is -3.81. The van der Waals surface area contributed by atoms with Crippen molar-refractivity contribution in [2.75, 3.05) is 16.8 Å². The molecular formula is C28H30F2N4O2. The summed E-state index contributed by atoms with van der Waals surface area (Å²) in [6.07, 6.45) is 6.28. The molecule has 4 rings (SSSR count). The molecule has 0 aliphatic heterocycles. The minimum absolute atomic E-state index is 0.0279. The fourth-order valence-electron chi connectivity index (χ4n) is 4.66. The minimum Gasteiger partial charge on any atom is -0.376 e. The summed E-state index contributed by atoms with van der Waals surface area (Å²) in [6, 6.07) is 14.7. The molecule has 2 N–H and O–H groups in total. The van der Waals surface area contributed by atoms with E-state index in [0.29, 0.717) is 11.3 Å². The molecule has 3 aromatic rings.